The molecule has 0 aromatic heterocycles. The van der Waals surface area contributed by atoms with Gasteiger partial charge in [0.2, 0.25) is 5.91 Å². The van der Waals surface area contributed by atoms with Gasteiger partial charge in [-0.2, -0.15) is 0 Å². The van der Waals surface area contributed by atoms with E-state index in [1.807, 2.05) is 0 Å². The molecule has 0 spiro atoms. The van der Waals surface area contributed by atoms with Gasteiger partial charge in [-0.3, -0.25) is 4.79 Å². The lowest BCUT2D eigenvalue weighted by atomic mass is 10.1. The van der Waals surface area contributed by atoms with Crippen molar-refractivity contribution >= 4 is 5.91 Å². The van der Waals surface area contributed by atoms with Crippen LogP contribution in [0.3, 0.4) is 0 Å². The van der Waals surface area contributed by atoms with Crippen molar-refractivity contribution in [3.63, 3.8) is 0 Å². The zero-order chi connectivity index (χ0) is 10.3. The predicted molar refractivity (Wildman–Crippen MR) is 58.4 cm³/mol. The first-order valence-electron chi connectivity index (χ1n) is 6.35. The molecule has 3 aliphatic rings. The monoisotopic (exact) mass is 208 g/mol. The van der Waals surface area contributed by atoms with Gasteiger partial charge in [0, 0.05) is 12.0 Å². The Balaban J connectivity index is 1.44. The third-order valence-corrected chi connectivity index (χ3v) is 4.09. The molecule has 2 aliphatic carbocycles. The summed E-state index contributed by atoms with van der Waals surface area (Å²) in [5.41, 5.74) is 0. The second-order valence-electron chi connectivity index (χ2n) is 5.38. The number of carbonyl (C=O) groups is 1. The summed E-state index contributed by atoms with van der Waals surface area (Å²) in [6.07, 6.45) is 6.13. The highest BCUT2D eigenvalue weighted by Crippen LogP contribution is 2.54. The van der Waals surface area contributed by atoms with Gasteiger partial charge in [0.15, 0.2) is 0 Å². The van der Waals surface area contributed by atoms with Gasteiger partial charge in [-0.25, -0.2) is 0 Å². The lowest BCUT2D eigenvalue weighted by molar-refractivity contribution is -0.123. The summed E-state index contributed by atoms with van der Waals surface area (Å²) in [5.74, 6) is 2.40. The summed E-state index contributed by atoms with van der Waals surface area (Å²) >= 11 is 0. The first-order valence-corrected chi connectivity index (χ1v) is 6.35. The van der Waals surface area contributed by atoms with Gasteiger partial charge in [-0.05, 0) is 57.0 Å². The fraction of sp³-hybridized carbons (Fsp3) is 0.917. The highest BCUT2D eigenvalue weighted by atomic mass is 16.2. The maximum Gasteiger partial charge on any atom is 0.223 e. The van der Waals surface area contributed by atoms with Crippen LogP contribution in [0, 0.1) is 17.8 Å². The molecule has 0 aromatic rings. The van der Waals surface area contributed by atoms with Crippen LogP contribution >= 0.6 is 0 Å². The molecule has 84 valence electrons. The highest BCUT2D eigenvalue weighted by molar-refractivity contribution is 5.81. The van der Waals surface area contributed by atoms with E-state index in [1.54, 1.807) is 0 Å². The number of amides is 1. The Morgan fingerprint density at radius 1 is 1.13 bits per heavy atom. The normalized spacial score (nSPS) is 36.3. The van der Waals surface area contributed by atoms with E-state index in [0.29, 0.717) is 17.9 Å². The molecule has 0 bridgehead atoms. The first kappa shape index (κ1) is 9.64. The van der Waals surface area contributed by atoms with E-state index in [2.05, 4.69) is 10.6 Å². The fourth-order valence-electron chi connectivity index (χ4n) is 2.84. The van der Waals surface area contributed by atoms with Crippen molar-refractivity contribution in [2.24, 2.45) is 17.8 Å². The van der Waals surface area contributed by atoms with Crippen LogP contribution in [-0.4, -0.2) is 25.0 Å². The molecule has 1 aliphatic heterocycles. The Morgan fingerprint density at radius 3 is 2.53 bits per heavy atom. The van der Waals surface area contributed by atoms with Crippen molar-refractivity contribution in [2.45, 2.75) is 38.1 Å². The molecular formula is C12H20N2O. The molecule has 2 atom stereocenters. The average Bonchev–Trinajstić information content (AvgIpc) is 3.11. The first-order chi connectivity index (χ1) is 7.34. The van der Waals surface area contributed by atoms with E-state index in [4.69, 9.17) is 0 Å². The second-order valence-corrected chi connectivity index (χ2v) is 5.38. The van der Waals surface area contributed by atoms with Crippen LogP contribution in [0.2, 0.25) is 0 Å². The summed E-state index contributed by atoms with van der Waals surface area (Å²) in [7, 11) is 0. The van der Waals surface area contributed by atoms with Crippen molar-refractivity contribution in [3.8, 4) is 0 Å². The Hall–Kier alpha value is -0.570. The number of hydrogen-bond donors (Lipinski definition) is 2. The van der Waals surface area contributed by atoms with E-state index >= 15 is 0 Å². The van der Waals surface area contributed by atoms with Gasteiger partial charge in [0.25, 0.3) is 0 Å². The second kappa shape index (κ2) is 3.78. The molecule has 2 saturated carbocycles. The van der Waals surface area contributed by atoms with E-state index in [0.717, 1.165) is 37.8 Å². The SMILES string of the molecule is O=C(NC1CCNCC1)C1CC1C1CC1. The van der Waals surface area contributed by atoms with Gasteiger partial charge in [0.05, 0.1) is 0 Å². The van der Waals surface area contributed by atoms with Crippen molar-refractivity contribution in [1.29, 1.82) is 0 Å². The summed E-state index contributed by atoms with van der Waals surface area (Å²) in [6, 6.07) is 0.444. The van der Waals surface area contributed by atoms with E-state index < -0.39 is 0 Å². The van der Waals surface area contributed by atoms with Gasteiger partial charge < -0.3 is 10.6 Å². The fourth-order valence-corrected chi connectivity index (χ4v) is 2.84. The molecular weight excluding hydrogens is 188 g/mol. The maximum atomic E-state index is 11.9. The van der Waals surface area contributed by atoms with E-state index in [1.165, 1.54) is 19.3 Å². The van der Waals surface area contributed by atoms with E-state index in [-0.39, 0.29) is 0 Å². The minimum Gasteiger partial charge on any atom is -0.353 e. The number of nitrogens with one attached hydrogen (secondary N) is 2. The summed E-state index contributed by atoms with van der Waals surface area (Å²) in [6.45, 7) is 2.11. The maximum absolute atomic E-state index is 11.9. The Bertz CT molecular complexity index is 256. The van der Waals surface area contributed by atoms with Crippen LogP contribution in [0.15, 0.2) is 0 Å². The predicted octanol–water partition coefficient (Wildman–Crippen LogP) is 0.901. The Morgan fingerprint density at radius 2 is 1.87 bits per heavy atom. The van der Waals surface area contributed by atoms with Crippen LogP contribution in [0.25, 0.3) is 0 Å². The van der Waals surface area contributed by atoms with Gasteiger partial charge in [-0.1, -0.05) is 0 Å². The van der Waals surface area contributed by atoms with Crippen molar-refractivity contribution in [1.82, 2.24) is 10.6 Å². The lowest BCUT2D eigenvalue weighted by Gasteiger charge is -2.23. The molecule has 1 saturated heterocycles. The number of rotatable bonds is 3. The molecule has 2 unspecified atom stereocenters. The van der Waals surface area contributed by atoms with Crippen molar-refractivity contribution in [3.05, 3.63) is 0 Å². The lowest BCUT2D eigenvalue weighted by Crippen LogP contribution is -2.43. The standard InChI is InChI=1S/C12H20N2O/c15-12(11-7-10(11)8-1-2-8)14-9-3-5-13-6-4-9/h8-11,13H,1-7H2,(H,14,15). The van der Waals surface area contributed by atoms with Gasteiger partial charge >= 0.3 is 0 Å². The van der Waals surface area contributed by atoms with Crippen LogP contribution in [-0.2, 0) is 4.79 Å². The minimum absolute atomic E-state index is 0.346. The molecule has 3 heteroatoms. The van der Waals surface area contributed by atoms with Crippen LogP contribution in [0.5, 0.6) is 0 Å². The van der Waals surface area contributed by atoms with Crippen LogP contribution in [0.1, 0.15) is 32.1 Å². The molecule has 3 rings (SSSR count). The topological polar surface area (TPSA) is 41.1 Å². The number of piperidine rings is 1. The van der Waals surface area contributed by atoms with E-state index in [9.17, 15) is 4.79 Å². The molecule has 3 nitrogen and oxygen atoms in total. The third kappa shape index (κ3) is 2.17. The smallest absolute Gasteiger partial charge is 0.223 e. The zero-order valence-electron chi connectivity index (χ0n) is 9.17. The summed E-state index contributed by atoms with van der Waals surface area (Å²) in [4.78, 5) is 11.9. The van der Waals surface area contributed by atoms with Crippen molar-refractivity contribution in [2.75, 3.05) is 13.1 Å². The van der Waals surface area contributed by atoms with Crippen LogP contribution in [0.4, 0.5) is 0 Å². The highest BCUT2D eigenvalue weighted by Gasteiger charge is 2.51. The molecule has 2 N–H and O–H groups in total. The quantitative estimate of drug-likeness (QED) is 0.723. The average molecular weight is 208 g/mol. The zero-order valence-corrected chi connectivity index (χ0v) is 9.17. The largest absolute Gasteiger partial charge is 0.353 e. The summed E-state index contributed by atoms with van der Waals surface area (Å²) in [5, 5.41) is 6.53. The van der Waals surface area contributed by atoms with Crippen molar-refractivity contribution < 1.29 is 4.79 Å². The van der Waals surface area contributed by atoms with Gasteiger partial charge in [-0.15, -0.1) is 0 Å². The number of hydrogen-bond acceptors (Lipinski definition) is 2. The minimum atomic E-state index is 0.346. The molecule has 1 amide bonds. The molecule has 0 aromatic carbocycles. The molecule has 15 heavy (non-hydrogen) atoms. The third-order valence-electron chi connectivity index (χ3n) is 4.09. The number of carbonyl (C=O) groups excluding carboxylic acids is 1. The van der Waals surface area contributed by atoms with Crippen LogP contribution < -0.4 is 10.6 Å². The Labute approximate surface area is 91.0 Å². The molecule has 0 radical (unpaired) electrons. The Kier molecular flexibility index (Phi) is 2.43. The molecule has 3 fully saturated rings. The van der Waals surface area contributed by atoms with Gasteiger partial charge in [0.1, 0.15) is 0 Å². The molecule has 1 heterocycles. The summed E-state index contributed by atoms with van der Waals surface area (Å²) < 4.78 is 0.